The third-order valence-corrected chi connectivity index (χ3v) is 4.54. The van der Waals surface area contributed by atoms with Gasteiger partial charge in [0.15, 0.2) is 0 Å². The molecule has 2 aromatic rings. The molecule has 1 N–H and O–H groups in total. The minimum absolute atomic E-state index is 0.407. The van der Waals surface area contributed by atoms with Crippen molar-refractivity contribution in [3.05, 3.63) is 41.1 Å². The van der Waals surface area contributed by atoms with Crippen molar-refractivity contribution in [2.75, 3.05) is 18.8 Å². The number of rotatable bonds is 4. The molecule has 0 saturated heterocycles. The Balaban J connectivity index is 2.28. The molecule has 1 aromatic heterocycles. The quantitative estimate of drug-likeness (QED) is 0.920. The highest BCUT2D eigenvalue weighted by atomic mass is 79.9. The maximum Gasteiger partial charge on any atom is 0.301 e. The summed E-state index contributed by atoms with van der Waals surface area (Å²) in [6, 6.07) is 7.54. The van der Waals surface area contributed by atoms with Crippen LogP contribution in [0.1, 0.15) is 0 Å². The van der Waals surface area contributed by atoms with Crippen LogP contribution in [0.25, 0.3) is 5.69 Å². The van der Waals surface area contributed by atoms with E-state index in [9.17, 15) is 8.42 Å². The number of benzene rings is 1. The van der Waals surface area contributed by atoms with Gasteiger partial charge in [-0.2, -0.15) is 17.8 Å². The Bertz CT molecular complexity index is 682. The van der Waals surface area contributed by atoms with Crippen LogP contribution in [0, 0.1) is 0 Å². The molecule has 1 heterocycles. The molecular formula is C11H13BrN4O2S. The van der Waals surface area contributed by atoms with Gasteiger partial charge in [-0.15, -0.1) is 0 Å². The molecule has 1 aromatic carbocycles. The van der Waals surface area contributed by atoms with Crippen LogP contribution in [0.2, 0.25) is 0 Å². The first kappa shape index (κ1) is 14.0. The lowest BCUT2D eigenvalue weighted by Gasteiger charge is -2.11. The van der Waals surface area contributed by atoms with Gasteiger partial charge in [0.25, 0.3) is 0 Å². The minimum atomic E-state index is -3.51. The summed E-state index contributed by atoms with van der Waals surface area (Å²) in [6.07, 6.45) is 3.07. The van der Waals surface area contributed by atoms with Crippen molar-refractivity contribution in [3.63, 3.8) is 0 Å². The first-order valence-electron chi connectivity index (χ1n) is 5.40. The van der Waals surface area contributed by atoms with Crippen molar-refractivity contribution < 1.29 is 8.42 Å². The molecule has 0 aliphatic rings. The highest BCUT2D eigenvalue weighted by Crippen LogP contribution is 2.21. The van der Waals surface area contributed by atoms with Gasteiger partial charge in [0.1, 0.15) is 0 Å². The van der Waals surface area contributed by atoms with Gasteiger partial charge in [-0.05, 0) is 28.1 Å². The van der Waals surface area contributed by atoms with E-state index in [-0.39, 0.29) is 0 Å². The monoisotopic (exact) mass is 344 g/mol. The highest BCUT2D eigenvalue weighted by molar-refractivity contribution is 9.10. The van der Waals surface area contributed by atoms with Crippen LogP contribution in [0.15, 0.2) is 41.1 Å². The van der Waals surface area contributed by atoms with E-state index >= 15 is 0 Å². The molecule has 102 valence electrons. The third kappa shape index (κ3) is 3.14. The summed E-state index contributed by atoms with van der Waals surface area (Å²) < 4.78 is 29.4. The van der Waals surface area contributed by atoms with Crippen LogP contribution in [0.5, 0.6) is 0 Å². The smallest absolute Gasteiger partial charge is 0.268 e. The van der Waals surface area contributed by atoms with Crippen molar-refractivity contribution in [2.45, 2.75) is 0 Å². The number of anilines is 1. The lowest BCUT2D eigenvalue weighted by atomic mass is 10.3. The molecule has 0 unspecified atom stereocenters. The van der Waals surface area contributed by atoms with Crippen LogP contribution < -0.4 is 4.72 Å². The number of nitrogens with one attached hydrogen (secondary N) is 1. The van der Waals surface area contributed by atoms with Gasteiger partial charge in [-0.3, -0.25) is 4.72 Å². The normalized spacial score (nSPS) is 11.8. The number of hydrogen-bond donors (Lipinski definition) is 1. The maximum absolute atomic E-state index is 11.7. The molecular weight excluding hydrogens is 332 g/mol. The van der Waals surface area contributed by atoms with Gasteiger partial charge >= 0.3 is 10.2 Å². The van der Waals surface area contributed by atoms with Crippen LogP contribution >= 0.6 is 15.9 Å². The number of hydrogen-bond acceptors (Lipinski definition) is 3. The topological polar surface area (TPSA) is 67.2 Å². The van der Waals surface area contributed by atoms with E-state index < -0.39 is 10.2 Å². The largest absolute Gasteiger partial charge is 0.301 e. The lowest BCUT2D eigenvalue weighted by Crippen LogP contribution is -2.28. The predicted octanol–water partition coefficient (Wildman–Crippen LogP) is 1.85. The molecule has 8 heteroatoms. The van der Waals surface area contributed by atoms with Crippen LogP contribution in [-0.4, -0.2) is 36.6 Å². The van der Waals surface area contributed by atoms with E-state index in [0.717, 1.165) is 14.5 Å². The standard InChI is InChI=1S/C11H13BrN4O2S/c1-15(2)19(17,18)14-9-7-13-16(8-9)11-6-4-3-5-10(11)12/h3-8,14H,1-2H3. The molecule has 0 radical (unpaired) electrons. The first-order chi connectivity index (χ1) is 8.90. The van der Waals surface area contributed by atoms with Gasteiger partial charge in [-0.25, -0.2) is 4.68 Å². The van der Waals surface area contributed by atoms with Crippen molar-refractivity contribution in [1.82, 2.24) is 14.1 Å². The molecule has 0 aliphatic heterocycles. The minimum Gasteiger partial charge on any atom is -0.268 e. The Morgan fingerprint density at radius 2 is 2.00 bits per heavy atom. The molecule has 19 heavy (non-hydrogen) atoms. The average molecular weight is 345 g/mol. The summed E-state index contributed by atoms with van der Waals surface area (Å²) in [5, 5.41) is 4.13. The number of halogens is 1. The Morgan fingerprint density at radius 1 is 1.32 bits per heavy atom. The fourth-order valence-electron chi connectivity index (χ4n) is 1.39. The third-order valence-electron chi connectivity index (χ3n) is 2.41. The van der Waals surface area contributed by atoms with E-state index in [0.29, 0.717) is 5.69 Å². The Hall–Kier alpha value is -1.38. The second-order valence-electron chi connectivity index (χ2n) is 4.01. The molecule has 0 amide bonds. The van der Waals surface area contributed by atoms with Gasteiger partial charge in [-0.1, -0.05) is 12.1 Å². The molecule has 0 atom stereocenters. The fraction of sp³-hybridized carbons (Fsp3) is 0.182. The van der Waals surface area contributed by atoms with E-state index in [2.05, 4.69) is 25.8 Å². The average Bonchev–Trinajstić information content (AvgIpc) is 2.77. The summed E-state index contributed by atoms with van der Waals surface area (Å²) in [4.78, 5) is 0. The van der Waals surface area contributed by atoms with Crippen molar-refractivity contribution >= 4 is 31.8 Å². The van der Waals surface area contributed by atoms with Gasteiger partial charge in [0, 0.05) is 18.6 Å². The molecule has 0 fully saturated rings. The molecule has 6 nitrogen and oxygen atoms in total. The second-order valence-corrected chi connectivity index (χ2v) is 6.75. The highest BCUT2D eigenvalue weighted by Gasteiger charge is 2.14. The van der Waals surface area contributed by atoms with Crippen LogP contribution in [-0.2, 0) is 10.2 Å². The summed E-state index contributed by atoms with van der Waals surface area (Å²) in [5.74, 6) is 0. The second kappa shape index (κ2) is 5.32. The van der Waals surface area contributed by atoms with E-state index in [1.807, 2.05) is 24.3 Å². The summed E-state index contributed by atoms with van der Waals surface area (Å²) >= 11 is 3.42. The number of nitrogens with zero attached hydrogens (tertiary/aromatic N) is 3. The Labute approximate surface area is 120 Å². The molecule has 0 saturated carbocycles. The Morgan fingerprint density at radius 3 is 2.63 bits per heavy atom. The maximum atomic E-state index is 11.7. The van der Waals surface area contributed by atoms with Gasteiger partial charge in [0.05, 0.1) is 23.8 Å². The molecule has 0 aliphatic carbocycles. The SMILES string of the molecule is CN(C)S(=O)(=O)Nc1cnn(-c2ccccc2Br)c1. The number of para-hydroxylation sites is 1. The fourth-order valence-corrected chi connectivity index (χ4v) is 2.44. The zero-order valence-electron chi connectivity index (χ0n) is 10.4. The number of aromatic nitrogens is 2. The lowest BCUT2D eigenvalue weighted by molar-refractivity contribution is 0.527. The van der Waals surface area contributed by atoms with Gasteiger partial charge in [0.2, 0.25) is 0 Å². The molecule has 0 spiro atoms. The first-order valence-corrected chi connectivity index (χ1v) is 7.63. The van der Waals surface area contributed by atoms with E-state index in [1.165, 1.54) is 20.3 Å². The zero-order valence-corrected chi connectivity index (χ0v) is 12.8. The Kier molecular flexibility index (Phi) is 3.93. The molecule has 0 bridgehead atoms. The zero-order chi connectivity index (χ0) is 14.0. The predicted molar refractivity (Wildman–Crippen MR) is 77.5 cm³/mol. The van der Waals surface area contributed by atoms with E-state index in [1.54, 1.807) is 10.9 Å². The van der Waals surface area contributed by atoms with E-state index in [4.69, 9.17) is 0 Å². The van der Waals surface area contributed by atoms with Crippen LogP contribution in [0.4, 0.5) is 5.69 Å². The summed E-state index contributed by atoms with van der Waals surface area (Å²) in [5.41, 5.74) is 1.24. The molecule has 2 rings (SSSR count). The van der Waals surface area contributed by atoms with Crippen molar-refractivity contribution in [1.29, 1.82) is 0 Å². The van der Waals surface area contributed by atoms with Gasteiger partial charge < -0.3 is 0 Å². The van der Waals surface area contributed by atoms with Crippen molar-refractivity contribution in [2.24, 2.45) is 0 Å². The van der Waals surface area contributed by atoms with Crippen LogP contribution in [0.3, 0.4) is 0 Å². The summed E-state index contributed by atoms with van der Waals surface area (Å²) in [7, 11) is -0.594. The van der Waals surface area contributed by atoms with Crippen molar-refractivity contribution in [3.8, 4) is 5.69 Å². The summed E-state index contributed by atoms with van der Waals surface area (Å²) in [6.45, 7) is 0.